The monoisotopic (exact) mass is 301 g/mol. The van der Waals surface area contributed by atoms with E-state index in [-0.39, 0.29) is 0 Å². The van der Waals surface area contributed by atoms with Gasteiger partial charge in [-0.25, -0.2) is 4.79 Å². The van der Waals surface area contributed by atoms with Gasteiger partial charge in [0.1, 0.15) is 5.60 Å². The molecule has 1 amide bonds. The van der Waals surface area contributed by atoms with Gasteiger partial charge < -0.3 is 20.7 Å². The minimum atomic E-state index is -0.463. The number of ether oxygens (including phenoxy) is 1. The van der Waals surface area contributed by atoms with Gasteiger partial charge >= 0.3 is 6.09 Å². The van der Waals surface area contributed by atoms with Crippen LogP contribution in [0, 0.1) is 0 Å². The Bertz CT molecular complexity index is 323. The second-order valence-corrected chi connectivity index (χ2v) is 6.57. The summed E-state index contributed by atoms with van der Waals surface area (Å²) in [5.41, 5.74) is -0.463. The molecule has 20 heavy (non-hydrogen) atoms. The third-order valence-corrected chi connectivity index (χ3v) is 3.28. The van der Waals surface area contributed by atoms with E-state index in [4.69, 9.17) is 17.0 Å². The second kappa shape index (κ2) is 8.29. The van der Waals surface area contributed by atoms with Gasteiger partial charge in [0.25, 0.3) is 0 Å². The average molecular weight is 301 g/mol. The molecule has 0 aromatic rings. The number of hydrogen-bond donors (Lipinski definition) is 3. The van der Waals surface area contributed by atoms with Crippen molar-refractivity contribution in [3.63, 3.8) is 0 Å². The molecule has 0 aromatic carbocycles. The topological polar surface area (TPSA) is 62.4 Å². The first-order valence-electron chi connectivity index (χ1n) is 7.38. The normalized spacial score (nSPS) is 16.4. The maximum atomic E-state index is 11.4. The molecule has 0 heterocycles. The lowest BCUT2D eigenvalue weighted by atomic mass is 9.96. The van der Waals surface area contributed by atoms with E-state index in [9.17, 15) is 4.79 Å². The summed E-state index contributed by atoms with van der Waals surface area (Å²) < 4.78 is 5.14. The Balaban J connectivity index is 2.05. The second-order valence-electron chi connectivity index (χ2n) is 6.16. The zero-order valence-corrected chi connectivity index (χ0v) is 13.6. The van der Waals surface area contributed by atoms with Gasteiger partial charge in [0.2, 0.25) is 0 Å². The molecule has 0 spiro atoms. The number of carbonyl (C=O) groups excluding carboxylic acids is 1. The Morgan fingerprint density at radius 2 is 1.75 bits per heavy atom. The summed E-state index contributed by atoms with van der Waals surface area (Å²) in [5.74, 6) is 0. The van der Waals surface area contributed by atoms with Crippen molar-refractivity contribution in [1.82, 2.24) is 16.0 Å². The fraction of sp³-hybridized carbons (Fsp3) is 0.857. The van der Waals surface area contributed by atoms with Crippen LogP contribution < -0.4 is 16.0 Å². The smallest absolute Gasteiger partial charge is 0.407 e. The lowest BCUT2D eigenvalue weighted by Crippen LogP contribution is -2.45. The highest BCUT2D eigenvalue weighted by Gasteiger charge is 2.16. The summed E-state index contributed by atoms with van der Waals surface area (Å²) in [7, 11) is 0. The summed E-state index contributed by atoms with van der Waals surface area (Å²) in [4.78, 5) is 11.4. The maximum Gasteiger partial charge on any atom is 0.407 e. The van der Waals surface area contributed by atoms with Gasteiger partial charge in [-0.2, -0.15) is 0 Å². The highest BCUT2D eigenvalue weighted by Crippen LogP contribution is 2.17. The fourth-order valence-corrected chi connectivity index (χ4v) is 2.41. The molecule has 0 aliphatic heterocycles. The van der Waals surface area contributed by atoms with Crippen molar-refractivity contribution in [3.05, 3.63) is 0 Å². The standard InChI is InChI=1S/C14H27N3O2S/c1-14(2,3)19-13(18)16-10-9-15-12(20)17-11-7-5-4-6-8-11/h11H,4-10H2,1-3H3,(H,16,18)(H2,15,17,20). The summed E-state index contributed by atoms with van der Waals surface area (Å²) >= 11 is 5.24. The zero-order valence-electron chi connectivity index (χ0n) is 12.8. The number of thiocarbonyl (C=S) groups is 1. The highest BCUT2D eigenvalue weighted by molar-refractivity contribution is 7.80. The molecule has 6 heteroatoms. The number of amides is 1. The van der Waals surface area contributed by atoms with Crippen LogP contribution in [0.25, 0.3) is 0 Å². The van der Waals surface area contributed by atoms with Crippen molar-refractivity contribution in [2.45, 2.75) is 64.5 Å². The highest BCUT2D eigenvalue weighted by atomic mass is 32.1. The van der Waals surface area contributed by atoms with Gasteiger partial charge in [-0.1, -0.05) is 19.3 Å². The SMILES string of the molecule is CC(C)(C)OC(=O)NCCNC(=S)NC1CCCCC1. The first-order chi connectivity index (χ1) is 9.37. The number of hydrogen-bond acceptors (Lipinski definition) is 3. The molecule has 3 N–H and O–H groups in total. The quantitative estimate of drug-likeness (QED) is 0.549. The first-order valence-corrected chi connectivity index (χ1v) is 7.79. The summed E-state index contributed by atoms with van der Waals surface area (Å²) in [6.45, 7) is 6.61. The van der Waals surface area contributed by atoms with Gasteiger partial charge in [-0.3, -0.25) is 0 Å². The molecular weight excluding hydrogens is 274 g/mol. The van der Waals surface area contributed by atoms with Crippen LogP contribution in [0.4, 0.5) is 4.79 Å². The third-order valence-electron chi connectivity index (χ3n) is 3.02. The van der Waals surface area contributed by atoms with Crippen LogP contribution in [0.15, 0.2) is 0 Å². The Morgan fingerprint density at radius 1 is 1.15 bits per heavy atom. The van der Waals surface area contributed by atoms with E-state index in [1.165, 1.54) is 32.1 Å². The Hall–Kier alpha value is -1.04. The molecule has 1 aliphatic rings. The fourth-order valence-electron chi connectivity index (χ4n) is 2.14. The lowest BCUT2D eigenvalue weighted by Gasteiger charge is -2.24. The van der Waals surface area contributed by atoms with Gasteiger partial charge in [-0.05, 0) is 45.8 Å². The Labute approximate surface area is 127 Å². The molecule has 5 nitrogen and oxygen atoms in total. The minimum Gasteiger partial charge on any atom is -0.444 e. The number of rotatable bonds is 4. The van der Waals surface area contributed by atoms with E-state index in [1.807, 2.05) is 20.8 Å². The molecule has 1 aliphatic carbocycles. The largest absolute Gasteiger partial charge is 0.444 e. The first kappa shape index (κ1) is 17.0. The molecule has 116 valence electrons. The average Bonchev–Trinajstić information content (AvgIpc) is 2.34. The number of nitrogens with one attached hydrogen (secondary N) is 3. The maximum absolute atomic E-state index is 11.4. The molecule has 0 atom stereocenters. The van der Waals surface area contributed by atoms with Crippen LogP contribution in [0.5, 0.6) is 0 Å². The predicted octanol–water partition coefficient (Wildman–Crippen LogP) is 2.31. The molecule has 1 fully saturated rings. The Kier molecular flexibility index (Phi) is 7.05. The lowest BCUT2D eigenvalue weighted by molar-refractivity contribution is 0.0529. The van der Waals surface area contributed by atoms with Crippen molar-refractivity contribution >= 4 is 23.4 Å². The van der Waals surface area contributed by atoms with Gasteiger partial charge in [-0.15, -0.1) is 0 Å². The molecule has 0 aromatic heterocycles. The number of carbonyl (C=O) groups is 1. The van der Waals surface area contributed by atoms with Crippen LogP contribution >= 0.6 is 12.2 Å². The van der Waals surface area contributed by atoms with Crippen LogP contribution in [0.3, 0.4) is 0 Å². The van der Waals surface area contributed by atoms with Crippen LogP contribution in [-0.4, -0.2) is 35.9 Å². The van der Waals surface area contributed by atoms with E-state index in [1.54, 1.807) is 0 Å². The third kappa shape index (κ3) is 8.19. The van der Waals surface area contributed by atoms with Crippen molar-refractivity contribution < 1.29 is 9.53 Å². The molecule has 0 bridgehead atoms. The molecule has 0 saturated heterocycles. The van der Waals surface area contributed by atoms with E-state index in [0.29, 0.717) is 24.2 Å². The molecule has 1 saturated carbocycles. The summed E-state index contributed by atoms with van der Waals surface area (Å²) in [5, 5.41) is 9.78. The van der Waals surface area contributed by atoms with Crippen molar-refractivity contribution in [1.29, 1.82) is 0 Å². The Morgan fingerprint density at radius 3 is 2.35 bits per heavy atom. The van der Waals surface area contributed by atoms with Gasteiger partial charge in [0, 0.05) is 19.1 Å². The predicted molar refractivity (Wildman–Crippen MR) is 84.8 cm³/mol. The van der Waals surface area contributed by atoms with Crippen LogP contribution in [0.2, 0.25) is 0 Å². The summed E-state index contributed by atoms with van der Waals surface area (Å²) in [6.07, 6.45) is 5.88. The van der Waals surface area contributed by atoms with Crippen molar-refractivity contribution in [2.24, 2.45) is 0 Å². The van der Waals surface area contributed by atoms with E-state index in [0.717, 1.165) is 0 Å². The van der Waals surface area contributed by atoms with E-state index < -0.39 is 11.7 Å². The summed E-state index contributed by atoms with van der Waals surface area (Å²) in [6, 6.07) is 0.502. The number of alkyl carbamates (subject to hydrolysis) is 1. The van der Waals surface area contributed by atoms with Crippen molar-refractivity contribution in [3.8, 4) is 0 Å². The molecular formula is C14H27N3O2S. The zero-order chi connectivity index (χ0) is 15.0. The van der Waals surface area contributed by atoms with E-state index >= 15 is 0 Å². The van der Waals surface area contributed by atoms with Gasteiger partial charge in [0.15, 0.2) is 5.11 Å². The molecule has 1 rings (SSSR count). The van der Waals surface area contributed by atoms with Gasteiger partial charge in [0.05, 0.1) is 0 Å². The van der Waals surface area contributed by atoms with Crippen LogP contribution in [-0.2, 0) is 4.74 Å². The van der Waals surface area contributed by atoms with Crippen LogP contribution in [0.1, 0.15) is 52.9 Å². The van der Waals surface area contributed by atoms with Crippen molar-refractivity contribution in [2.75, 3.05) is 13.1 Å². The van der Waals surface area contributed by atoms with E-state index in [2.05, 4.69) is 16.0 Å². The molecule has 0 radical (unpaired) electrons. The minimum absolute atomic E-state index is 0.398. The molecule has 0 unspecified atom stereocenters.